The van der Waals surface area contributed by atoms with Crippen molar-refractivity contribution in [2.45, 2.75) is 0 Å². The van der Waals surface area contributed by atoms with Gasteiger partial charge in [0.05, 0.1) is 18.8 Å². The van der Waals surface area contributed by atoms with Crippen LogP contribution in [-0.4, -0.2) is 35.4 Å². The summed E-state index contributed by atoms with van der Waals surface area (Å²) in [7, 11) is 0. The Morgan fingerprint density at radius 2 is 1.79 bits per heavy atom. The van der Waals surface area contributed by atoms with Gasteiger partial charge in [-0.05, 0) is 24.3 Å². The Bertz CT molecular complexity index is 553. The topological polar surface area (TPSA) is 89.9 Å². The van der Waals surface area contributed by atoms with Gasteiger partial charge in [-0.15, -0.1) is 0 Å². The summed E-state index contributed by atoms with van der Waals surface area (Å²) in [5.41, 5.74) is 0.418. The predicted molar refractivity (Wildman–Crippen MR) is 71.8 cm³/mol. The molecule has 100 valence electrons. The summed E-state index contributed by atoms with van der Waals surface area (Å²) < 4.78 is 0.918. The van der Waals surface area contributed by atoms with Crippen molar-refractivity contribution >= 4 is 33.6 Å². The summed E-state index contributed by atoms with van der Waals surface area (Å²) in [6, 6.07) is 7.34. The van der Waals surface area contributed by atoms with Gasteiger partial charge in [0.25, 0.3) is 0 Å². The highest BCUT2D eigenvalue weighted by Gasteiger charge is 2.27. The van der Waals surface area contributed by atoms with Crippen LogP contribution in [0.5, 0.6) is 0 Å². The monoisotopic (exact) mass is 326 g/mol. The van der Waals surface area contributed by atoms with E-state index in [4.69, 9.17) is 10.2 Å². The fourth-order valence-corrected chi connectivity index (χ4v) is 2.09. The lowest BCUT2D eigenvalue weighted by Crippen LogP contribution is -2.44. The van der Waals surface area contributed by atoms with Gasteiger partial charge in [0, 0.05) is 10.2 Å². The lowest BCUT2D eigenvalue weighted by molar-refractivity contribution is -0.136. The van der Waals surface area contributed by atoms with Crippen molar-refractivity contribution in [1.29, 1.82) is 0 Å². The zero-order valence-electron chi connectivity index (χ0n) is 9.76. The number of hydrogen-bond acceptors (Lipinski definition) is 4. The summed E-state index contributed by atoms with van der Waals surface area (Å²) in [5.74, 6) is -2.49. The molecule has 0 spiro atoms. The third kappa shape index (κ3) is 2.87. The van der Waals surface area contributed by atoms with Gasteiger partial charge in [0.1, 0.15) is 5.70 Å². The van der Waals surface area contributed by atoms with E-state index in [0.29, 0.717) is 0 Å². The van der Waals surface area contributed by atoms with Gasteiger partial charge in [0.2, 0.25) is 0 Å². The van der Waals surface area contributed by atoms with Crippen LogP contribution in [0.3, 0.4) is 0 Å². The Hall–Kier alpha value is -2.02. The van der Waals surface area contributed by atoms with E-state index >= 15 is 0 Å². The van der Waals surface area contributed by atoms with Gasteiger partial charge >= 0.3 is 11.9 Å². The second kappa shape index (κ2) is 5.31. The number of benzene rings is 1. The molecule has 7 heteroatoms. The molecule has 0 aromatic heterocycles. The molecular formula is C12H11BrN2O4. The van der Waals surface area contributed by atoms with E-state index in [1.165, 1.54) is 0 Å². The molecule has 0 saturated carbocycles. The summed E-state index contributed by atoms with van der Waals surface area (Å²) in [5, 5.41) is 20.6. The number of carbonyl (C=O) groups is 2. The van der Waals surface area contributed by atoms with E-state index in [9.17, 15) is 9.59 Å². The normalized spacial score (nSPS) is 15.1. The summed E-state index contributed by atoms with van der Waals surface area (Å²) >= 11 is 3.32. The first kappa shape index (κ1) is 13.4. The minimum absolute atomic E-state index is 0.0472. The van der Waals surface area contributed by atoms with Crippen LogP contribution in [0, 0.1) is 0 Å². The maximum absolute atomic E-state index is 11.1. The molecule has 0 amide bonds. The van der Waals surface area contributed by atoms with Crippen molar-refractivity contribution in [2.24, 2.45) is 0 Å². The molecular weight excluding hydrogens is 316 g/mol. The molecule has 0 radical (unpaired) electrons. The molecule has 0 aliphatic carbocycles. The molecule has 19 heavy (non-hydrogen) atoms. The maximum atomic E-state index is 11.1. The fourth-order valence-electron chi connectivity index (χ4n) is 1.82. The maximum Gasteiger partial charge on any atom is 0.352 e. The van der Waals surface area contributed by atoms with Gasteiger partial charge in [-0.2, -0.15) is 0 Å². The van der Waals surface area contributed by atoms with Crippen LogP contribution in [0.25, 0.3) is 0 Å². The Kier molecular flexibility index (Phi) is 3.75. The van der Waals surface area contributed by atoms with Crippen molar-refractivity contribution < 1.29 is 19.8 Å². The average molecular weight is 327 g/mol. The second-order valence-corrected chi connectivity index (χ2v) is 4.89. The number of nitrogens with one attached hydrogen (secondary N) is 1. The third-order valence-corrected chi connectivity index (χ3v) is 3.29. The smallest absolute Gasteiger partial charge is 0.352 e. The van der Waals surface area contributed by atoms with Gasteiger partial charge in [-0.3, -0.25) is 0 Å². The molecule has 0 unspecified atom stereocenters. The first-order valence-corrected chi connectivity index (χ1v) is 6.22. The largest absolute Gasteiger partial charge is 0.478 e. The highest BCUT2D eigenvalue weighted by Crippen LogP contribution is 2.21. The van der Waals surface area contributed by atoms with Crippen LogP contribution in [0.4, 0.5) is 5.69 Å². The molecule has 1 aromatic carbocycles. The van der Waals surface area contributed by atoms with E-state index in [1.807, 2.05) is 24.3 Å². The molecule has 1 aliphatic rings. The third-order valence-electron chi connectivity index (χ3n) is 2.76. The lowest BCUT2D eigenvalue weighted by Gasteiger charge is -2.31. The van der Waals surface area contributed by atoms with E-state index < -0.39 is 11.9 Å². The summed E-state index contributed by atoms with van der Waals surface area (Å²) in [4.78, 5) is 23.8. The first-order valence-electron chi connectivity index (χ1n) is 5.43. The van der Waals surface area contributed by atoms with Crippen LogP contribution in [-0.2, 0) is 9.59 Å². The molecule has 0 atom stereocenters. The number of nitrogens with zero attached hydrogens (tertiary/aromatic N) is 1. The van der Waals surface area contributed by atoms with Gasteiger partial charge in [0.15, 0.2) is 0 Å². The van der Waals surface area contributed by atoms with E-state index in [1.54, 1.807) is 4.90 Å². The Morgan fingerprint density at radius 3 is 2.32 bits per heavy atom. The van der Waals surface area contributed by atoms with E-state index in [2.05, 4.69) is 21.2 Å². The van der Waals surface area contributed by atoms with Crippen LogP contribution in [0.15, 0.2) is 40.0 Å². The fraction of sp³-hybridized carbons (Fsp3) is 0.167. The number of hydrogen-bond donors (Lipinski definition) is 3. The van der Waals surface area contributed by atoms with Crippen LogP contribution in [0.1, 0.15) is 0 Å². The van der Waals surface area contributed by atoms with Crippen molar-refractivity contribution in [2.75, 3.05) is 18.1 Å². The van der Waals surface area contributed by atoms with Crippen LogP contribution >= 0.6 is 15.9 Å². The number of carboxylic acids is 2. The van der Waals surface area contributed by atoms with Crippen molar-refractivity contribution in [3.05, 3.63) is 40.0 Å². The first-order chi connectivity index (χ1) is 8.99. The molecule has 1 heterocycles. The zero-order valence-corrected chi connectivity index (χ0v) is 11.3. The minimum Gasteiger partial charge on any atom is -0.478 e. The molecule has 2 rings (SSSR count). The van der Waals surface area contributed by atoms with Crippen molar-refractivity contribution in [3.8, 4) is 0 Å². The Labute approximate surface area is 117 Å². The van der Waals surface area contributed by atoms with E-state index in [-0.39, 0.29) is 24.5 Å². The molecule has 6 nitrogen and oxygen atoms in total. The number of carboxylic acid groups (broad SMARTS) is 2. The number of anilines is 1. The average Bonchev–Trinajstić information content (AvgIpc) is 2.38. The number of aliphatic carboxylic acids is 2. The Balaban J connectivity index is 2.28. The van der Waals surface area contributed by atoms with Crippen molar-refractivity contribution in [1.82, 2.24) is 5.32 Å². The zero-order chi connectivity index (χ0) is 14.0. The second-order valence-electron chi connectivity index (χ2n) is 3.97. The quantitative estimate of drug-likeness (QED) is 0.774. The molecule has 1 aromatic rings. The predicted octanol–water partition coefficient (Wildman–Crippen LogP) is 1.24. The molecule has 0 saturated heterocycles. The highest BCUT2D eigenvalue weighted by atomic mass is 79.9. The summed E-state index contributed by atoms with van der Waals surface area (Å²) in [6.07, 6.45) is 0. The molecule has 0 bridgehead atoms. The molecule has 0 fully saturated rings. The lowest BCUT2D eigenvalue weighted by atomic mass is 10.1. The summed E-state index contributed by atoms with van der Waals surface area (Å²) in [6.45, 7) is 0.297. The SMILES string of the molecule is O=C(O)C1=C(C(=O)O)NCN(c2ccc(Br)cc2)C1. The van der Waals surface area contributed by atoms with Crippen LogP contribution < -0.4 is 10.2 Å². The highest BCUT2D eigenvalue weighted by molar-refractivity contribution is 9.10. The standard InChI is InChI=1S/C12H11BrN2O4/c13-7-1-3-8(4-2-7)15-5-9(11(16)17)10(12(18)19)14-6-15/h1-4,14H,5-6H2,(H,16,17)(H,18,19). The Morgan fingerprint density at radius 1 is 1.16 bits per heavy atom. The van der Waals surface area contributed by atoms with Gasteiger partial charge in [-0.25, -0.2) is 9.59 Å². The molecule has 3 N–H and O–H groups in total. The van der Waals surface area contributed by atoms with Gasteiger partial charge in [-0.1, -0.05) is 15.9 Å². The van der Waals surface area contributed by atoms with Crippen molar-refractivity contribution in [3.63, 3.8) is 0 Å². The number of rotatable bonds is 3. The van der Waals surface area contributed by atoms with Gasteiger partial charge < -0.3 is 20.4 Å². The molecule has 1 aliphatic heterocycles. The number of halogens is 1. The van der Waals surface area contributed by atoms with E-state index in [0.717, 1.165) is 10.2 Å². The minimum atomic E-state index is -1.26. The van der Waals surface area contributed by atoms with Crippen LogP contribution in [0.2, 0.25) is 0 Å².